The molecule has 0 aliphatic rings. The molecule has 0 aromatic carbocycles. The van der Waals surface area contributed by atoms with E-state index in [1.165, 1.54) is 0 Å². The van der Waals surface area contributed by atoms with Crippen LogP contribution in [0.2, 0.25) is 18.1 Å². The van der Waals surface area contributed by atoms with Gasteiger partial charge < -0.3 is 4.43 Å². The van der Waals surface area contributed by atoms with Crippen molar-refractivity contribution in [2.75, 3.05) is 6.61 Å². The normalized spacial score (nSPS) is 13.7. The van der Waals surface area contributed by atoms with Crippen LogP contribution in [0.25, 0.3) is 0 Å². The summed E-state index contributed by atoms with van der Waals surface area (Å²) in [5.41, 5.74) is 0. The number of thiocarbonyl (C=S) groups is 1. The summed E-state index contributed by atoms with van der Waals surface area (Å²) in [7, 11) is -1.81. The molecule has 0 saturated heterocycles. The van der Waals surface area contributed by atoms with E-state index < -0.39 is 8.32 Å². The Labute approximate surface area is 121 Å². The smallest absolute Gasteiger partial charge is 0.192 e. The first-order chi connectivity index (χ1) is 8.78. The number of hydrogen-bond donors (Lipinski definition) is 0. The average molecular weight is 295 g/mol. The molecular weight excluding hydrogens is 274 g/mol. The minimum Gasteiger partial charge on any atom is -0.414 e. The Balaban J connectivity index is 2.80. The van der Waals surface area contributed by atoms with Crippen molar-refractivity contribution < 1.29 is 4.43 Å². The first-order valence-corrected chi connectivity index (χ1v) is 9.57. The van der Waals surface area contributed by atoms with E-state index >= 15 is 0 Å². The highest BCUT2D eigenvalue weighted by molar-refractivity contribution is 7.78. The third-order valence-electron chi connectivity index (χ3n) is 3.50. The zero-order valence-corrected chi connectivity index (χ0v) is 14.0. The van der Waals surface area contributed by atoms with Crippen LogP contribution in [0.4, 0.5) is 0 Å². The van der Waals surface area contributed by atoms with E-state index in [1.807, 2.05) is 0 Å². The number of hydrogen-bond acceptors (Lipinski definition) is 5. The fraction of sp³-hybridized carbons (Fsp3) is 0.615. The summed E-state index contributed by atoms with van der Waals surface area (Å²) < 4.78 is 6.14. The topological polar surface area (TPSA) is 47.4 Å². The van der Waals surface area contributed by atoms with Gasteiger partial charge in [-0.2, -0.15) is 0 Å². The zero-order chi connectivity index (χ0) is 14.5. The van der Waals surface area contributed by atoms with Gasteiger partial charge in [0.25, 0.3) is 0 Å². The lowest BCUT2D eigenvalue weighted by Crippen LogP contribution is -2.41. The molecule has 0 aliphatic carbocycles. The first-order valence-electron chi connectivity index (χ1n) is 6.26. The van der Waals surface area contributed by atoms with Crippen LogP contribution in [0.3, 0.4) is 0 Å². The van der Waals surface area contributed by atoms with Crippen molar-refractivity contribution in [3.05, 3.63) is 24.3 Å². The molecule has 0 amide bonds. The van der Waals surface area contributed by atoms with Crippen LogP contribution in [0.15, 0.2) is 23.5 Å². The maximum Gasteiger partial charge on any atom is 0.192 e. The number of aliphatic imine (C=N–C) groups is 1. The van der Waals surface area contributed by atoms with Crippen LogP contribution < -0.4 is 0 Å². The predicted molar refractivity (Wildman–Crippen MR) is 82.9 cm³/mol. The van der Waals surface area contributed by atoms with Crippen LogP contribution in [-0.4, -0.2) is 30.1 Å². The molecule has 1 rings (SSSR count). The summed E-state index contributed by atoms with van der Waals surface area (Å²) in [5, 5.41) is 2.57. The molecule has 1 aromatic rings. The first kappa shape index (κ1) is 16.1. The van der Waals surface area contributed by atoms with E-state index in [9.17, 15) is 0 Å². The highest BCUT2D eigenvalue weighted by Gasteiger charge is 2.37. The molecule has 0 N–H and O–H groups in total. The lowest BCUT2D eigenvalue weighted by atomic mass is 10.2. The average Bonchev–Trinajstić information content (AvgIpc) is 2.34. The molecule has 19 heavy (non-hydrogen) atoms. The molecule has 0 aliphatic heterocycles. The van der Waals surface area contributed by atoms with E-state index in [1.54, 1.807) is 18.5 Å². The van der Waals surface area contributed by atoms with Crippen molar-refractivity contribution in [3.63, 3.8) is 0 Å². The van der Waals surface area contributed by atoms with Crippen molar-refractivity contribution in [3.8, 4) is 0 Å². The number of rotatable bonds is 5. The minimum atomic E-state index is -1.81. The van der Waals surface area contributed by atoms with Gasteiger partial charge in [-0.05, 0) is 36.4 Å². The molecule has 6 heteroatoms. The summed E-state index contributed by atoms with van der Waals surface area (Å²) in [5.74, 6) is 0.624. The molecule has 1 unspecified atom stereocenters. The molecule has 0 radical (unpaired) electrons. The van der Waals surface area contributed by atoms with E-state index in [4.69, 9.17) is 16.6 Å². The molecular formula is C13H21N3OSSi. The molecule has 104 valence electrons. The molecule has 0 spiro atoms. The summed E-state index contributed by atoms with van der Waals surface area (Å²) in [6.07, 6.45) is 3.39. The summed E-state index contributed by atoms with van der Waals surface area (Å²) in [6.45, 7) is 11.5. The highest BCUT2D eigenvalue weighted by atomic mass is 32.1. The molecule has 1 aromatic heterocycles. The Kier molecular flexibility index (Phi) is 5.49. The summed E-state index contributed by atoms with van der Waals surface area (Å²) >= 11 is 4.69. The summed E-state index contributed by atoms with van der Waals surface area (Å²) in [6, 6.07) is 1.50. The van der Waals surface area contributed by atoms with E-state index in [2.05, 4.69) is 54.0 Å². The maximum atomic E-state index is 6.14. The van der Waals surface area contributed by atoms with Gasteiger partial charge in [-0.25, -0.2) is 15.0 Å². The van der Waals surface area contributed by atoms with Crippen LogP contribution >= 0.6 is 12.2 Å². The van der Waals surface area contributed by atoms with Gasteiger partial charge in [0.15, 0.2) is 14.1 Å². The number of aromatic nitrogens is 2. The van der Waals surface area contributed by atoms with E-state index in [0.29, 0.717) is 12.4 Å². The Hall–Kier alpha value is -0.943. The molecule has 0 bridgehead atoms. The van der Waals surface area contributed by atoms with Gasteiger partial charge in [-0.15, -0.1) is 0 Å². The Morgan fingerprint density at radius 3 is 2.42 bits per heavy atom. The largest absolute Gasteiger partial charge is 0.414 e. The fourth-order valence-corrected chi connectivity index (χ4v) is 2.35. The molecule has 0 fully saturated rings. The lowest BCUT2D eigenvalue weighted by molar-refractivity contribution is 0.262. The Morgan fingerprint density at radius 2 is 1.95 bits per heavy atom. The van der Waals surface area contributed by atoms with Crippen LogP contribution in [0, 0.1) is 0 Å². The van der Waals surface area contributed by atoms with Crippen LogP contribution in [0.5, 0.6) is 0 Å². The van der Waals surface area contributed by atoms with Crippen molar-refractivity contribution in [1.82, 2.24) is 9.97 Å². The van der Waals surface area contributed by atoms with Gasteiger partial charge in [-0.3, -0.25) is 0 Å². The van der Waals surface area contributed by atoms with E-state index in [0.717, 1.165) is 0 Å². The second kappa shape index (κ2) is 6.48. The van der Waals surface area contributed by atoms with Gasteiger partial charge in [0.05, 0.1) is 11.8 Å². The van der Waals surface area contributed by atoms with Crippen LogP contribution in [-0.2, 0) is 4.43 Å². The molecule has 4 nitrogen and oxygen atoms in total. The van der Waals surface area contributed by atoms with E-state index in [-0.39, 0.29) is 11.1 Å². The standard InChI is InChI=1S/C13H21N3OSSi/c1-13(2,3)19(4,5)17-9-11(16-10-18)12-14-7-6-8-15-12/h6-8,11H,9H2,1-5H3. The quantitative estimate of drug-likeness (QED) is 0.473. The molecule has 1 atom stereocenters. The van der Waals surface area contributed by atoms with Gasteiger partial charge in [-0.1, -0.05) is 20.8 Å². The van der Waals surface area contributed by atoms with Gasteiger partial charge >= 0.3 is 0 Å². The van der Waals surface area contributed by atoms with Crippen LogP contribution in [0.1, 0.15) is 32.6 Å². The van der Waals surface area contributed by atoms with Crippen molar-refractivity contribution in [2.24, 2.45) is 4.99 Å². The zero-order valence-electron chi connectivity index (χ0n) is 12.2. The van der Waals surface area contributed by atoms with Gasteiger partial charge in [0, 0.05) is 12.4 Å². The third kappa shape index (κ3) is 4.58. The fourth-order valence-electron chi connectivity index (χ4n) is 1.22. The van der Waals surface area contributed by atoms with Crippen molar-refractivity contribution >= 4 is 25.7 Å². The predicted octanol–water partition coefficient (Wildman–Crippen LogP) is 3.64. The summed E-state index contributed by atoms with van der Waals surface area (Å²) in [4.78, 5) is 12.5. The van der Waals surface area contributed by atoms with Gasteiger partial charge in [0.2, 0.25) is 0 Å². The molecule has 1 heterocycles. The SMILES string of the molecule is CC(C)(C)[Si](C)(C)OCC(N=C=S)c1ncccn1. The minimum absolute atomic E-state index is 0.163. The number of nitrogens with zero attached hydrogens (tertiary/aromatic N) is 3. The number of isothiocyanates is 1. The van der Waals surface area contributed by atoms with Crippen molar-refractivity contribution in [2.45, 2.75) is 44.9 Å². The van der Waals surface area contributed by atoms with Gasteiger partial charge in [0.1, 0.15) is 6.04 Å². The van der Waals surface area contributed by atoms with Crippen molar-refractivity contribution in [1.29, 1.82) is 0 Å². The highest BCUT2D eigenvalue weighted by Crippen LogP contribution is 2.37. The Bertz CT molecular complexity index is 453. The third-order valence-corrected chi connectivity index (χ3v) is 8.11. The lowest BCUT2D eigenvalue weighted by Gasteiger charge is -2.36. The second-order valence-corrected chi connectivity index (χ2v) is 10.9. The molecule has 0 saturated carbocycles. The maximum absolute atomic E-state index is 6.14. The Morgan fingerprint density at radius 1 is 1.37 bits per heavy atom. The second-order valence-electron chi connectivity index (χ2n) is 5.91. The monoisotopic (exact) mass is 295 g/mol.